The molecule has 1 N–H and O–H groups in total. The Labute approximate surface area is 228 Å². The molecule has 1 fully saturated rings. The van der Waals surface area contributed by atoms with Crippen LogP contribution >= 0.6 is 23.2 Å². The van der Waals surface area contributed by atoms with Gasteiger partial charge in [-0.25, -0.2) is 0 Å². The topological polar surface area (TPSA) is 58.6 Å². The highest BCUT2D eigenvalue weighted by molar-refractivity contribution is 6.36. The Kier molecular flexibility index (Phi) is 9.48. The van der Waals surface area contributed by atoms with E-state index in [9.17, 15) is 9.59 Å². The number of carbonyl (C=O) groups is 2. The summed E-state index contributed by atoms with van der Waals surface area (Å²) in [5.74, 6) is 0.0892. The Bertz CT molecular complexity index is 1170. The van der Waals surface area contributed by atoms with Crippen molar-refractivity contribution in [1.29, 1.82) is 0 Å². The number of hydrogen-bond donors (Lipinski definition) is 1. The first kappa shape index (κ1) is 27.0. The van der Waals surface area contributed by atoms with Crippen molar-refractivity contribution in [3.63, 3.8) is 0 Å². The second-order valence-corrected chi connectivity index (χ2v) is 10.3. The summed E-state index contributed by atoms with van der Waals surface area (Å²) in [4.78, 5) is 29.0. The quantitative estimate of drug-likeness (QED) is 0.325. The van der Waals surface area contributed by atoms with Crippen LogP contribution in [0.4, 0.5) is 0 Å². The minimum atomic E-state index is -0.760. The molecule has 1 aliphatic carbocycles. The van der Waals surface area contributed by atoms with Crippen LogP contribution in [0.15, 0.2) is 72.8 Å². The summed E-state index contributed by atoms with van der Waals surface area (Å²) < 4.78 is 5.83. The predicted molar refractivity (Wildman–Crippen MR) is 148 cm³/mol. The van der Waals surface area contributed by atoms with Gasteiger partial charge >= 0.3 is 0 Å². The van der Waals surface area contributed by atoms with Crippen LogP contribution in [0.2, 0.25) is 10.0 Å². The molecule has 0 aliphatic heterocycles. The van der Waals surface area contributed by atoms with E-state index in [0.29, 0.717) is 27.8 Å². The molecule has 0 bridgehead atoms. The molecule has 37 heavy (non-hydrogen) atoms. The summed E-state index contributed by atoms with van der Waals surface area (Å²) in [6.07, 6.45) is 4.44. The molecular formula is C30H32Cl2N2O3. The first-order valence-electron chi connectivity index (χ1n) is 12.7. The molecule has 194 valence electrons. The third-order valence-electron chi connectivity index (χ3n) is 6.75. The number of carbonyl (C=O) groups excluding carboxylic acids is 2. The largest absolute Gasteiger partial charge is 0.484 e. The van der Waals surface area contributed by atoms with Crippen molar-refractivity contribution in [2.75, 3.05) is 6.61 Å². The van der Waals surface area contributed by atoms with Gasteiger partial charge in [-0.05, 0) is 49.6 Å². The number of hydrogen-bond acceptors (Lipinski definition) is 3. The molecule has 1 aliphatic rings. The average Bonchev–Trinajstić information content (AvgIpc) is 3.40. The van der Waals surface area contributed by atoms with Crippen LogP contribution in [-0.2, 0) is 22.6 Å². The predicted octanol–water partition coefficient (Wildman–Crippen LogP) is 6.38. The van der Waals surface area contributed by atoms with Crippen LogP contribution in [-0.4, -0.2) is 35.4 Å². The SMILES string of the molecule is Cc1ccc(OCC(=O)N(Cc2c(Cl)cccc2Cl)C(Cc2ccccc2)C(=O)NC2CCCC2)cc1. The van der Waals surface area contributed by atoms with Crippen LogP contribution in [0, 0.1) is 6.92 Å². The van der Waals surface area contributed by atoms with Crippen molar-refractivity contribution >= 4 is 35.0 Å². The number of ether oxygens (including phenoxy) is 1. The van der Waals surface area contributed by atoms with Gasteiger partial charge in [-0.15, -0.1) is 0 Å². The molecule has 3 aromatic rings. The number of amides is 2. The van der Waals surface area contributed by atoms with Crippen molar-refractivity contribution in [2.45, 2.75) is 57.7 Å². The van der Waals surface area contributed by atoms with Gasteiger partial charge in [0.15, 0.2) is 6.61 Å². The smallest absolute Gasteiger partial charge is 0.261 e. The summed E-state index contributed by atoms with van der Waals surface area (Å²) in [5, 5.41) is 4.08. The summed E-state index contributed by atoms with van der Waals surface area (Å²) in [6.45, 7) is 1.86. The lowest BCUT2D eigenvalue weighted by molar-refractivity contribution is -0.143. The number of benzene rings is 3. The number of rotatable bonds is 10. The fourth-order valence-corrected chi connectivity index (χ4v) is 5.15. The lowest BCUT2D eigenvalue weighted by Gasteiger charge is -2.32. The third kappa shape index (κ3) is 7.50. The van der Waals surface area contributed by atoms with Crippen LogP contribution in [0.3, 0.4) is 0 Å². The maximum absolute atomic E-state index is 13.7. The number of nitrogens with zero attached hydrogens (tertiary/aromatic N) is 1. The maximum atomic E-state index is 13.7. The standard InChI is InChI=1S/C30H32Cl2N2O3/c1-21-14-16-24(17-15-21)37-20-29(35)34(19-25-26(31)12-7-13-27(25)32)28(18-22-8-3-2-4-9-22)30(36)33-23-10-5-6-11-23/h2-4,7-9,12-17,23,28H,5-6,10-11,18-20H2,1H3,(H,33,36). The molecule has 3 aromatic carbocycles. The Morgan fingerprint density at radius 2 is 1.59 bits per heavy atom. The Morgan fingerprint density at radius 1 is 0.946 bits per heavy atom. The molecule has 5 nitrogen and oxygen atoms in total. The highest BCUT2D eigenvalue weighted by Gasteiger charge is 2.33. The molecule has 2 amide bonds. The molecule has 1 unspecified atom stereocenters. The Balaban J connectivity index is 1.64. The zero-order valence-electron chi connectivity index (χ0n) is 21.0. The van der Waals surface area contributed by atoms with E-state index in [4.69, 9.17) is 27.9 Å². The first-order chi connectivity index (χ1) is 17.9. The molecule has 0 heterocycles. The van der Waals surface area contributed by atoms with Crippen molar-refractivity contribution in [2.24, 2.45) is 0 Å². The van der Waals surface area contributed by atoms with Crippen molar-refractivity contribution in [3.8, 4) is 5.75 Å². The van der Waals surface area contributed by atoms with Crippen LogP contribution in [0.1, 0.15) is 42.4 Å². The second kappa shape index (κ2) is 13.0. The van der Waals surface area contributed by atoms with Gasteiger partial charge in [-0.2, -0.15) is 0 Å². The van der Waals surface area contributed by atoms with Gasteiger partial charge < -0.3 is 15.0 Å². The fraction of sp³-hybridized carbons (Fsp3) is 0.333. The minimum Gasteiger partial charge on any atom is -0.484 e. The Hall–Kier alpha value is -3.02. The van der Waals surface area contributed by atoms with E-state index < -0.39 is 6.04 Å². The van der Waals surface area contributed by atoms with Crippen molar-refractivity contribution < 1.29 is 14.3 Å². The molecule has 0 aromatic heterocycles. The van der Waals surface area contributed by atoms with E-state index in [1.165, 1.54) is 0 Å². The van der Waals surface area contributed by atoms with Gasteiger partial charge in [0.05, 0.1) is 0 Å². The summed E-state index contributed by atoms with van der Waals surface area (Å²) in [6, 6.07) is 21.8. The van der Waals surface area contributed by atoms with Gasteiger partial charge in [0.2, 0.25) is 5.91 Å². The van der Waals surface area contributed by atoms with E-state index in [1.54, 1.807) is 23.1 Å². The first-order valence-corrected chi connectivity index (χ1v) is 13.4. The maximum Gasteiger partial charge on any atom is 0.261 e. The van der Waals surface area contributed by atoms with E-state index >= 15 is 0 Å². The lowest BCUT2D eigenvalue weighted by atomic mass is 10.0. The summed E-state index contributed by atoms with van der Waals surface area (Å²) in [5.41, 5.74) is 2.65. The number of aryl methyl sites for hydroxylation is 1. The van der Waals surface area contributed by atoms with Crippen LogP contribution in [0.5, 0.6) is 5.75 Å². The fourth-order valence-electron chi connectivity index (χ4n) is 4.64. The van der Waals surface area contributed by atoms with Gasteiger partial charge in [-0.1, -0.05) is 90.1 Å². The molecule has 1 saturated carbocycles. The molecule has 4 rings (SSSR count). The van der Waals surface area contributed by atoms with Crippen molar-refractivity contribution in [1.82, 2.24) is 10.2 Å². The van der Waals surface area contributed by atoms with E-state index in [-0.39, 0.29) is 31.0 Å². The normalized spacial score (nSPS) is 14.2. The zero-order chi connectivity index (χ0) is 26.2. The zero-order valence-corrected chi connectivity index (χ0v) is 22.5. The van der Waals surface area contributed by atoms with Gasteiger partial charge in [-0.3, -0.25) is 9.59 Å². The van der Waals surface area contributed by atoms with E-state index in [2.05, 4.69) is 5.32 Å². The number of nitrogens with one attached hydrogen (secondary N) is 1. The highest BCUT2D eigenvalue weighted by Crippen LogP contribution is 2.28. The summed E-state index contributed by atoms with van der Waals surface area (Å²) >= 11 is 13.0. The number of halogens is 2. The highest BCUT2D eigenvalue weighted by atomic mass is 35.5. The van der Waals surface area contributed by atoms with Gasteiger partial charge in [0, 0.05) is 34.6 Å². The van der Waals surface area contributed by atoms with E-state index in [0.717, 1.165) is 36.8 Å². The molecule has 7 heteroatoms. The van der Waals surface area contributed by atoms with Gasteiger partial charge in [0.25, 0.3) is 5.91 Å². The second-order valence-electron chi connectivity index (χ2n) is 9.52. The molecular weight excluding hydrogens is 507 g/mol. The molecule has 1 atom stereocenters. The van der Waals surface area contributed by atoms with Crippen molar-refractivity contribution in [3.05, 3.63) is 99.5 Å². The van der Waals surface area contributed by atoms with Crippen LogP contribution < -0.4 is 10.1 Å². The lowest BCUT2D eigenvalue weighted by Crippen LogP contribution is -2.53. The Morgan fingerprint density at radius 3 is 2.24 bits per heavy atom. The average molecular weight is 540 g/mol. The third-order valence-corrected chi connectivity index (χ3v) is 7.45. The summed E-state index contributed by atoms with van der Waals surface area (Å²) in [7, 11) is 0. The molecule has 0 saturated heterocycles. The molecule has 0 spiro atoms. The molecule has 0 radical (unpaired) electrons. The van der Waals surface area contributed by atoms with E-state index in [1.807, 2.05) is 61.5 Å². The minimum absolute atomic E-state index is 0.0875. The van der Waals surface area contributed by atoms with Gasteiger partial charge in [0.1, 0.15) is 11.8 Å². The monoisotopic (exact) mass is 538 g/mol. The van der Waals surface area contributed by atoms with Crippen LogP contribution in [0.25, 0.3) is 0 Å².